The molecule has 0 saturated carbocycles. The lowest BCUT2D eigenvalue weighted by Gasteiger charge is -2.38. The van der Waals surface area contributed by atoms with Crippen molar-refractivity contribution in [1.82, 2.24) is 45.4 Å². The van der Waals surface area contributed by atoms with Gasteiger partial charge in [0.25, 0.3) is 0 Å². The molecule has 6 unspecified atom stereocenters. The van der Waals surface area contributed by atoms with E-state index < -0.39 is 5.82 Å². The standard InChI is InChI=1S/C63H65Cl2FN12O3/c64-48-6-1-5-36-25-41(79)28-52(54(36)48)74-24-15-44-50(34-74)70-61(73-59(44)75-30-37-7-8-38(31-75)68-37)81-35-63-18-4-23-78(63)51(13-19-63)43-11-12-49(65)55-45(43)26-42(80)27-46(55)57-56(66)58-47(29-67-57)60(76-32-39-9-10-40(33-76)69-39)72-53(71-58)14-20-62-16-2-21-77(62)22-3-17-62/h1,5-6,11-12,25-29,37-40,51,68-69,79-80H,2-4,7-10,13,15-19,21-24,30-35H2. The van der Waals surface area contributed by atoms with Crippen LogP contribution in [0.15, 0.2) is 60.8 Å². The maximum Gasteiger partial charge on any atom is 0.318 e. The number of nitrogens with zero attached hydrogens (tertiary/aromatic N) is 10. The first kappa shape index (κ1) is 50.4. The van der Waals surface area contributed by atoms with Gasteiger partial charge in [0, 0.05) is 102 Å². The van der Waals surface area contributed by atoms with Gasteiger partial charge in [-0.2, -0.15) is 9.97 Å². The van der Waals surface area contributed by atoms with Crippen molar-refractivity contribution in [2.45, 2.75) is 131 Å². The topological polar surface area (TPSA) is 154 Å². The zero-order chi connectivity index (χ0) is 54.3. The molecule has 9 aliphatic rings. The summed E-state index contributed by atoms with van der Waals surface area (Å²) in [5.41, 5.74) is 4.13. The summed E-state index contributed by atoms with van der Waals surface area (Å²) in [6.07, 6.45) is 14.9. The minimum atomic E-state index is -0.592. The van der Waals surface area contributed by atoms with Gasteiger partial charge in [-0.05, 0) is 156 Å². The van der Waals surface area contributed by atoms with Gasteiger partial charge in [0.05, 0.1) is 39.4 Å². The number of pyridine rings is 1. The lowest BCUT2D eigenvalue weighted by Crippen LogP contribution is -2.52. The Morgan fingerprint density at radius 1 is 0.716 bits per heavy atom. The molecule has 0 radical (unpaired) electrons. The molecule has 6 atom stereocenters. The number of aromatic nitrogens is 5. The Kier molecular flexibility index (Phi) is 12.1. The number of aromatic hydroxyl groups is 2. The average molecular weight is 1130 g/mol. The number of piperazine rings is 2. The average Bonchev–Trinajstić information content (AvgIpc) is 4.38. The monoisotopic (exact) mass is 1130 g/mol. The molecule has 9 aliphatic heterocycles. The normalized spacial score (nSPS) is 26.7. The van der Waals surface area contributed by atoms with Crippen molar-refractivity contribution in [2.75, 3.05) is 73.7 Å². The number of hydrogen-bond acceptors (Lipinski definition) is 15. The number of fused-ring (bicyclic) bond motifs is 10. The van der Waals surface area contributed by atoms with Crippen LogP contribution in [0.2, 0.25) is 10.0 Å². The van der Waals surface area contributed by atoms with Gasteiger partial charge in [-0.3, -0.25) is 14.8 Å². The summed E-state index contributed by atoms with van der Waals surface area (Å²) in [5, 5.41) is 34.9. The molecule has 4 N–H and O–H groups in total. The molecule has 8 saturated heterocycles. The van der Waals surface area contributed by atoms with E-state index in [9.17, 15) is 10.2 Å². The highest BCUT2D eigenvalue weighted by Gasteiger charge is 2.51. The quantitative estimate of drug-likeness (QED) is 0.107. The van der Waals surface area contributed by atoms with Crippen LogP contribution in [-0.4, -0.2) is 139 Å². The second kappa shape index (κ2) is 19.4. The molecular weight excluding hydrogens is 1060 g/mol. The van der Waals surface area contributed by atoms with Crippen molar-refractivity contribution in [1.29, 1.82) is 0 Å². The maximum absolute atomic E-state index is 17.9. The summed E-state index contributed by atoms with van der Waals surface area (Å²) < 4.78 is 24.8. The molecular formula is C63H65Cl2FN12O3. The fraction of sp³-hybridized carbons (Fsp3) is 0.476. The molecule has 0 spiro atoms. The molecule has 15 nitrogen and oxygen atoms in total. The van der Waals surface area contributed by atoms with Gasteiger partial charge in [-0.1, -0.05) is 47.3 Å². The first-order chi connectivity index (χ1) is 39.5. The molecule has 81 heavy (non-hydrogen) atoms. The van der Waals surface area contributed by atoms with Gasteiger partial charge in [0.2, 0.25) is 5.82 Å². The van der Waals surface area contributed by atoms with Gasteiger partial charge < -0.3 is 40.3 Å². The van der Waals surface area contributed by atoms with Crippen LogP contribution in [0.5, 0.6) is 17.5 Å². The van der Waals surface area contributed by atoms with Crippen molar-refractivity contribution in [2.24, 2.45) is 0 Å². The third-order valence-corrected chi connectivity index (χ3v) is 20.7. The summed E-state index contributed by atoms with van der Waals surface area (Å²) in [4.78, 5) is 37.5. The van der Waals surface area contributed by atoms with E-state index in [4.69, 9.17) is 52.9 Å². The highest BCUT2D eigenvalue weighted by molar-refractivity contribution is 6.37. The molecule has 0 amide bonds. The number of benzene rings is 4. The zero-order valence-electron chi connectivity index (χ0n) is 45.3. The molecule has 4 bridgehead atoms. The van der Waals surface area contributed by atoms with Gasteiger partial charge in [-0.25, -0.2) is 14.4 Å². The van der Waals surface area contributed by atoms with Crippen LogP contribution in [-0.2, 0) is 13.0 Å². The smallest absolute Gasteiger partial charge is 0.318 e. The Morgan fingerprint density at radius 3 is 2.22 bits per heavy atom. The molecule has 7 aromatic rings. The number of phenolic OH excluding ortho intramolecular Hbond substituents is 2. The molecule has 0 aliphatic carbocycles. The first-order valence-corrected chi connectivity index (χ1v) is 30.4. The van der Waals surface area contributed by atoms with Crippen molar-refractivity contribution < 1.29 is 19.3 Å². The highest BCUT2D eigenvalue weighted by atomic mass is 35.5. The van der Waals surface area contributed by atoms with Crippen LogP contribution in [0.3, 0.4) is 0 Å². The number of phenols is 2. The van der Waals surface area contributed by atoms with Crippen LogP contribution < -0.4 is 30.1 Å². The Hall–Kier alpha value is -6.32. The minimum absolute atomic E-state index is 0.00346. The Bertz CT molecular complexity index is 3790. The fourth-order valence-corrected chi connectivity index (χ4v) is 17.0. The predicted octanol–water partition coefficient (Wildman–Crippen LogP) is 9.82. The highest BCUT2D eigenvalue weighted by Crippen LogP contribution is 2.52. The first-order valence-electron chi connectivity index (χ1n) is 29.6. The lowest BCUT2D eigenvalue weighted by molar-refractivity contribution is 0.0845. The van der Waals surface area contributed by atoms with E-state index in [2.05, 4.69) is 53.0 Å². The van der Waals surface area contributed by atoms with E-state index >= 15 is 4.39 Å². The molecule has 3 aromatic heterocycles. The second-order valence-corrected chi connectivity index (χ2v) is 25.6. The fourth-order valence-electron chi connectivity index (χ4n) is 16.4. The Labute approximate surface area is 480 Å². The van der Waals surface area contributed by atoms with E-state index in [1.54, 1.807) is 24.4 Å². The van der Waals surface area contributed by atoms with Crippen molar-refractivity contribution in [3.8, 4) is 40.6 Å². The number of nitrogens with one attached hydrogen (secondary N) is 2. The predicted molar refractivity (Wildman–Crippen MR) is 314 cm³/mol. The van der Waals surface area contributed by atoms with Gasteiger partial charge in [0.1, 0.15) is 41.0 Å². The van der Waals surface area contributed by atoms with Crippen LogP contribution in [0.1, 0.15) is 106 Å². The van der Waals surface area contributed by atoms with E-state index in [1.165, 1.54) is 0 Å². The van der Waals surface area contributed by atoms with Crippen molar-refractivity contribution in [3.05, 3.63) is 99.3 Å². The van der Waals surface area contributed by atoms with E-state index in [1.807, 2.05) is 30.3 Å². The second-order valence-electron chi connectivity index (χ2n) is 24.8. The third kappa shape index (κ3) is 8.45. The summed E-state index contributed by atoms with van der Waals surface area (Å²) in [6.45, 7) is 7.88. The summed E-state index contributed by atoms with van der Waals surface area (Å²) in [7, 11) is 0. The molecule has 4 aromatic carbocycles. The van der Waals surface area contributed by atoms with Crippen molar-refractivity contribution >= 4 is 73.0 Å². The van der Waals surface area contributed by atoms with Gasteiger partial charge in [0.15, 0.2) is 5.82 Å². The molecule has 18 heteroatoms. The number of ether oxygens (including phenoxy) is 1. The summed E-state index contributed by atoms with van der Waals surface area (Å²) in [5.74, 6) is 8.53. The van der Waals surface area contributed by atoms with E-state index in [0.717, 1.165) is 180 Å². The lowest BCUT2D eigenvalue weighted by atomic mass is 9.92. The maximum atomic E-state index is 17.9. The van der Waals surface area contributed by atoms with Gasteiger partial charge in [-0.15, -0.1) is 0 Å². The van der Waals surface area contributed by atoms with Crippen LogP contribution in [0.4, 0.5) is 21.7 Å². The number of anilines is 3. The van der Waals surface area contributed by atoms with Crippen LogP contribution in [0.25, 0.3) is 43.7 Å². The van der Waals surface area contributed by atoms with Crippen LogP contribution >= 0.6 is 23.2 Å². The zero-order valence-corrected chi connectivity index (χ0v) is 46.8. The van der Waals surface area contributed by atoms with Crippen molar-refractivity contribution in [3.63, 3.8) is 0 Å². The molecule has 12 heterocycles. The minimum Gasteiger partial charge on any atom is -0.508 e. The SMILES string of the molecule is Oc1cc(N2CCc3c(nc(OCC45CCCN4C(c4ccc(Cl)c6c(-c7ncc8c(N9CC%10CCC(C9)N%10)nc(C#CC9%10CCCN9CCC%10)nc8c7F)cc(O)cc46)CC5)nc3N3CC4CCC(C3)N4)C2)c2c(Cl)cccc2c1. The molecule has 8 fully saturated rings. The Balaban J connectivity index is 0.730. The van der Waals surface area contributed by atoms with E-state index in [0.29, 0.717) is 81.4 Å². The van der Waals surface area contributed by atoms with Crippen LogP contribution in [0, 0.1) is 17.7 Å². The van der Waals surface area contributed by atoms with Gasteiger partial charge >= 0.3 is 6.01 Å². The van der Waals surface area contributed by atoms with E-state index in [-0.39, 0.29) is 39.8 Å². The largest absolute Gasteiger partial charge is 0.508 e. The molecule has 16 rings (SSSR count). The summed E-state index contributed by atoms with van der Waals surface area (Å²) in [6, 6.07) is 18.6. The number of halogens is 3. The molecule has 416 valence electrons. The number of hydrogen-bond donors (Lipinski definition) is 4. The number of rotatable bonds is 8. The summed E-state index contributed by atoms with van der Waals surface area (Å²) >= 11 is 14.1. The third-order valence-electron chi connectivity index (χ3n) is 20.1. The Morgan fingerprint density at radius 2 is 1.44 bits per heavy atom.